The zero-order chi connectivity index (χ0) is 29.5. The zero-order valence-corrected chi connectivity index (χ0v) is 25.0. The van der Waals surface area contributed by atoms with Gasteiger partial charge < -0.3 is 10.3 Å². The van der Waals surface area contributed by atoms with Crippen molar-refractivity contribution in [1.29, 1.82) is 0 Å². The second-order valence-corrected chi connectivity index (χ2v) is 12.2. The van der Waals surface area contributed by atoms with Gasteiger partial charge in [0.2, 0.25) is 0 Å². The Kier molecular flexibility index (Phi) is 6.71. The molecule has 3 nitrogen and oxygen atoms in total. The number of nitrogens with two attached hydrogens (primary N) is 1. The van der Waals surface area contributed by atoms with Crippen molar-refractivity contribution >= 4 is 53.3 Å². The Labute approximate surface area is 260 Å². The lowest BCUT2D eigenvalue weighted by Crippen LogP contribution is -2.23. The summed E-state index contributed by atoms with van der Waals surface area (Å²) in [4.78, 5) is 0. The Morgan fingerprint density at radius 1 is 0.591 bits per heavy atom. The lowest BCUT2D eigenvalue weighted by atomic mass is 10.0. The average molecular weight is 586 g/mol. The normalized spacial score (nSPS) is 12.6. The van der Waals surface area contributed by atoms with Gasteiger partial charge in [-0.25, -0.2) is 0 Å². The number of nitrogens with zero attached hydrogens (tertiary/aromatic N) is 1. The second kappa shape index (κ2) is 11.2. The van der Waals surface area contributed by atoms with Gasteiger partial charge in [0.15, 0.2) is 0 Å². The van der Waals surface area contributed by atoms with Crippen LogP contribution in [0.2, 0.25) is 0 Å². The average Bonchev–Trinajstić information content (AvgIpc) is 3.63. The van der Waals surface area contributed by atoms with E-state index in [1.165, 1.54) is 69.8 Å². The predicted molar refractivity (Wildman–Crippen MR) is 189 cm³/mol. The van der Waals surface area contributed by atoms with E-state index in [-0.39, 0.29) is 6.04 Å². The van der Waals surface area contributed by atoms with Crippen LogP contribution in [0.5, 0.6) is 0 Å². The molecule has 4 heteroatoms. The van der Waals surface area contributed by atoms with Gasteiger partial charge in [-0.1, -0.05) is 127 Å². The molecule has 0 saturated heterocycles. The molecule has 44 heavy (non-hydrogen) atoms. The van der Waals surface area contributed by atoms with Crippen LogP contribution in [-0.4, -0.2) is 4.57 Å². The predicted octanol–water partition coefficient (Wildman–Crippen LogP) is 10.3. The van der Waals surface area contributed by atoms with Crippen molar-refractivity contribution in [2.45, 2.75) is 12.7 Å². The molecule has 0 bridgehead atoms. The molecule has 0 spiro atoms. The number of hydrogen-bond donors (Lipinski definition) is 2. The molecule has 0 aliphatic carbocycles. The number of para-hydroxylation sites is 1. The number of nitrogens with one attached hydrogen (secondary N) is 1. The van der Waals surface area contributed by atoms with Gasteiger partial charge in [-0.2, -0.15) is 0 Å². The van der Waals surface area contributed by atoms with Crippen molar-refractivity contribution in [2.24, 2.45) is 5.73 Å². The van der Waals surface area contributed by atoms with Gasteiger partial charge in [-0.3, -0.25) is 5.32 Å². The first kappa shape index (κ1) is 26.5. The Balaban J connectivity index is 1.22. The summed E-state index contributed by atoms with van der Waals surface area (Å²) >= 11 is 1.87. The van der Waals surface area contributed by atoms with Crippen molar-refractivity contribution < 1.29 is 0 Å². The summed E-state index contributed by atoms with van der Waals surface area (Å²) in [6.07, 6.45) is 3.74. The monoisotopic (exact) mass is 585 g/mol. The third kappa shape index (κ3) is 4.47. The molecule has 3 N–H and O–H groups in total. The maximum Gasteiger partial charge on any atom is 0.0739 e. The van der Waals surface area contributed by atoms with E-state index in [9.17, 15) is 0 Å². The summed E-state index contributed by atoms with van der Waals surface area (Å²) in [5, 5.41) is 8.96. The van der Waals surface area contributed by atoms with E-state index in [1.54, 1.807) is 6.20 Å². The zero-order valence-electron chi connectivity index (χ0n) is 24.2. The Bertz CT molecular complexity index is 2290. The second-order valence-electron chi connectivity index (χ2n) is 11.1. The number of rotatable bonds is 7. The molecule has 0 aliphatic heterocycles. The smallest absolute Gasteiger partial charge is 0.0739 e. The SMILES string of the molecule is N/C=C\C(NCn1c2ccccc2c2ccc(-c3ccccc3)cc21)c1cccc2c1sc1c(-c3ccccc3)cccc12. The molecular weight excluding hydrogens is 555 g/mol. The highest BCUT2D eigenvalue weighted by Gasteiger charge is 2.18. The van der Waals surface area contributed by atoms with Crippen molar-refractivity contribution in [1.82, 2.24) is 9.88 Å². The first-order valence-electron chi connectivity index (χ1n) is 15.0. The molecule has 0 radical (unpaired) electrons. The minimum Gasteiger partial charge on any atom is -0.405 e. The molecule has 0 fully saturated rings. The van der Waals surface area contributed by atoms with Crippen LogP contribution in [0.1, 0.15) is 11.6 Å². The Morgan fingerprint density at radius 2 is 1.25 bits per heavy atom. The lowest BCUT2D eigenvalue weighted by Gasteiger charge is -2.18. The van der Waals surface area contributed by atoms with Crippen molar-refractivity contribution in [3.05, 3.63) is 157 Å². The highest BCUT2D eigenvalue weighted by Crippen LogP contribution is 2.42. The number of hydrogen-bond acceptors (Lipinski definition) is 3. The lowest BCUT2D eigenvalue weighted by molar-refractivity contribution is 0.538. The highest BCUT2D eigenvalue weighted by molar-refractivity contribution is 7.26. The first-order valence-corrected chi connectivity index (χ1v) is 15.8. The molecule has 1 unspecified atom stereocenters. The van der Waals surface area contributed by atoms with Crippen molar-refractivity contribution in [3.8, 4) is 22.3 Å². The highest BCUT2D eigenvalue weighted by atomic mass is 32.1. The van der Waals surface area contributed by atoms with Crippen LogP contribution in [0.3, 0.4) is 0 Å². The molecule has 2 heterocycles. The summed E-state index contributed by atoms with van der Waals surface area (Å²) in [6.45, 7) is 0.633. The van der Waals surface area contributed by atoms with Crippen LogP contribution in [-0.2, 0) is 6.67 Å². The standard InChI is InChI=1S/C40H31N3S/c41-24-23-36(35-19-10-18-34-33-17-9-16-30(39(33)44-40(34)35)28-13-5-2-6-14-28)42-26-43-37-20-8-7-15-31(37)32-22-21-29(25-38(32)43)27-11-3-1-4-12-27/h1-25,36,42H,26,41H2/b24-23-. The largest absolute Gasteiger partial charge is 0.405 e. The number of fused-ring (bicyclic) bond motifs is 6. The summed E-state index contributed by atoms with van der Waals surface area (Å²) in [5.74, 6) is 0. The van der Waals surface area contributed by atoms with Crippen LogP contribution in [0, 0.1) is 0 Å². The molecule has 2 aromatic heterocycles. The van der Waals surface area contributed by atoms with E-state index < -0.39 is 0 Å². The van der Waals surface area contributed by atoms with E-state index in [0.29, 0.717) is 6.67 Å². The maximum absolute atomic E-state index is 6.08. The summed E-state index contributed by atoms with van der Waals surface area (Å²) < 4.78 is 5.00. The number of thiophene rings is 1. The fourth-order valence-corrected chi connectivity index (χ4v) is 7.93. The van der Waals surface area contributed by atoms with Gasteiger partial charge >= 0.3 is 0 Å². The van der Waals surface area contributed by atoms with Crippen molar-refractivity contribution in [2.75, 3.05) is 0 Å². The van der Waals surface area contributed by atoms with E-state index in [1.807, 2.05) is 11.3 Å². The van der Waals surface area contributed by atoms with Gasteiger partial charge in [0.1, 0.15) is 0 Å². The third-order valence-electron chi connectivity index (χ3n) is 8.63. The molecule has 0 aliphatic rings. The minimum absolute atomic E-state index is 0.0644. The van der Waals surface area contributed by atoms with Gasteiger partial charge in [-0.15, -0.1) is 11.3 Å². The number of aromatic nitrogens is 1. The molecule has 212 valence electrons. The maximum atomic E-state index is 6.08. The minimum atomic E-state index is -0.0644. The summed E-state index contributed by atoms with van der Waals surface area (Å²) in [5.41, 5.74) is 14.7. The van der Waals surface area contributed by atoms with E-state index in [0.717, 1.165) is 0 Å². The van der Waals surface area contributed by atoms with E-state index in [2.05, 4.69) is 155 Å². The Hall–Kier alpha value is -5.16. The van der Waals surface area contributed by atoms with Crippen LogP contribution < -0.4 is 11.1 Å². The van der Waals surface area contributed by atoms with Gasteiger partial charge in [0.05, 0.1) is 23.7 Å². The summed E-state index contributed by atoms with van der Waals surface area (Å²) in [6, 6.07) is 50.0. The molecular formula is C40H31N3S. The molecule has 8 rings (SSSR count). The van der Waals surface area contributed by atoms with E-state index in [4.69, 9.17) is 5.73 Å². The number of benzene rings is 6. The molecule has 8 aromatic rings. The van der Waals surface area contributed by atoms with Crippen LogP contribution >= 0.6 is 11.3 Å². The topological polar surface area (TPSA) is 43.0 Å². The van der Waals surface area contributed by atoms with Gasteiger partial charge in [0.25, 0.3) is 0 Å². The fourth-order valence-electron chi connectivity index (χ4n) is 6.54. The molecule has 0 amide bonds. The van der Waals surface area contributed by atoms with Gasteiger partial charge in [0, 0.05) is 30.9 Å². The van der Waals surface area contributed by atoms with Crippen LogP contribution in [0.25, 0.3) is 64.2 Å². The Morgan fingerprint density at radius 3 is 2.05 bits per heavy atom. The molecule has 1 atom stereocenters. The summed E-state index contributed by atoms with van der Waals surface area (Å²) in [7, 11) is 0. The first-order chi connectivity index (χ1) is 21.8. The van der Waals surface area contributed by atoms with Crippen LogP contribution in [0.15, 0.2) is 152 Å². The van der Waals surface area contributed by atoms with E-state index >= 15 is 0 Å². The third-order valence-corrected chi connectivity index (χ3v) is 9.93. The quantitative estimate of drug-likeness (QED) is 0.195. The molecule has 0 saturated carbocycles. The fraction of sp³-hybridized carbons (Fsp3) is 0.0500. The van der Waals surface area contributed by atoms with Gasteiger partial charge in [-0.05, 0) is 52.2 Å². The van der Waals surface area contributed by atoms with Crippen LogP contribution in [0.4, 0.5) is 0 Å². The molecule has 6 aromatic carbocycles. The van der Waals surface area contributed by atoms with Crippen molar-refractivity contribution in [3.63, 3.8) is 0 Å².